The average molecular weight is 245 g/mol. The fraction of sp³-hybridized carbons (Fsp3) is 0.0769. The maximum atomic E-state index is 13.5. The summed E-state index contributed by atoms with van der Waals surface area (Å²) >= 11 is 0. The van der Waals surface area contributed by atoms with Crippen LogP contribution in [0.4, 0.5) is 8.78 Å². The fourth-order valence-electron chi connectivity index (χ4n) is 1.89. The van der Waals surface area contributed by atoms with Crippen molar-refractivity contribution < 1.29 is 8.78 Å². The van der Waals surface area contributed by atoms with Gasteiger partial charge < -0.3 is 4.98 Å². The van der Waals surface area contributed by atoms with E-state index in [2.05, 4.69) is 15.0 Å². The zero-order chi connectivity index (χ0) is 12.7. The van der Waals surface area contributed by atoms with Gasteiger partial charge in [-0.2, -0.15) is 0 Å². The Bertz CT molecular complexity index is 734. The van der Waals surface area contributed by atoms with Crippen molar-refractivity contribution in [3.05, 3.63) is 47.7 Å². The number of benzene rings is 1. The molecular weight excluding hydrogens is 236 g/mol. The minimum absolute atomic E-state index is 0.122. The minimum Gasteiger partial charge on any atom is -0.336 e. The van der Waals surface area contributed by atoms with Crippen molar-refractivity contribution in [3.63, 3.8) is 0 Å². The number of pyridine rings is 1. The molecule has 0 unspecified atom stereocenters. The van der Waals surface area contributed by atoms with Crippen LogP contribution in [0, 0.1) is 18.6 Å². The smallest absolute Gasteiger partial charge is 0.157 e. The van der Waals surface area contributed by atoms with Crippen LogP contribution in [0.2, 0.25) is 0 Å². The van der Waals surface area contributed by atoms with Crippen molar-refractivity contribution in [3.8, 4) is 11.5 Å². The molecule has 2 heterocycles. The Labute approximate surface area is 102 Å². The number of nitrogens with zero attached hydrogens (tertiary/aromatic N) is 2. The Kier molecular flexibility index (Phi) is 2.33. The second-order valence-electron chi connectivity index (χ2n) is 4.04. The number of rotatable bonds is 1. The third kappa shape index (κ3) is 1.64. The molecule has 1 aromatic carbocycles. The number of hydrogen-bond donors (Lipinski definition) is 1. The molecule has 0 aliphatic carbocycles. The predicted molar refractivity (Wildman–Crippen MR) is 64.0 cm³/mol. The number of H-pyrrole nitrogens is 1. The lowest BCUT2D eigenvalue weighted by molar-refractivity contribution is 0.591. The lowest BCUT2D eigenvalue weighted by Crippen LogP contribution is -1.88. The molecule has 0 amide bonds. The van der Waals surface area contributed by atoms with E-state index >= 15 is 0 Å². The molecule has 0 radical (unpaired) electrons. The van der Waals surface area contributed by atoms with E-state index in [1.165, 1.54) is 6.07 Å². The molecule has 3 rings (SSSR count). The summed E-state index contributed by atoms with van der Waals surface area (Å²) < 4.78 is 26.6. The van der Waals surface area contributed by atoms with Gasteiger partial charge in [-0.05, 0) is 24.6 Å². The number of aromatic nitrogens is 3. The van der Waals surface area contributed by atoms with Gasteiger partial charge in [0.1, 0.15) is 17.0 Å². The Hall–Kier alpha value is -2.30. The van der Waals surface area contributed by atoms with Crippen LogP contribution >= 0.6 is 0 Å². The predicted octanol–water partition coefficient (Wildman–Crippen LogP) is 3.21. The summed E-state index contributed by atoms with van der Waals surface area (Å²) in [5, 5.41) is 0. The number of hydrogen-bond acceptors (Lipinski definition) is 2. The Balaban J connectivity index is 2.26. The van der Waals surface area contributed by atoms with Crippen molar-refractivity contribution in [2.45, 2.75) is 6.92 Å². The maximum Gasteiger partial charge on any atom is 0.157 e. The Morgan fingerprint density at radius 3 is 2.83 bits per heavy atom. The number of fused-ring (bicyclic) bond motifs is 1. The summed E-state index contributed by atoms with van der Waals surface area (Å²) in [7, 11) is 0. The molecule has 0 bridgehead atoms. The molecule has 3 aromatic rings. The van der Waals surface area contributed by atoms with E-state index in [0.717, 1.165) is 11.6 Å². The average Bonchev–Trinajstić information content (AvgIpc) is 2.73. The van der Waals surface area contributed by atoms with Crippen molar-refractivity contribution in [2.24, 2.45) is 0 Å². The van der Waals surface area contributed by atoms with Crippen molar-refractivity contribution in [1.82, 2.24) is 15.0 Å². The standard InChI is InChI=1S/C13H9F2N3/c1-7-3-2-4-16-11(7)13-17-10-6-8(14)5-9(15)12(10)18-13/h2-6H,1H3,(H,17,18). The normalized spacial score (nSPS) is 11.1. The molecule has 90 valence electrons. The zero-order valence-electron chi connectivity index (χ0n) is 9.54. The molecule has 5 heteroatoms. The highest BCUT2D eigenvalue weighted by atomic mass is 19.1. The largest absolute Gasteiger partial charge is 0.336 e. The fourth-order valence-corrected chi connectivity index (χ4v) is 1.89. The number of imidazole rings is 1. The van der Waals surface area contributed by atoms with E-state index in [1.807, 2.05) is 19.1 Å². The topological polar surface area (TPSA) is 41.6 Å². The lowest BCUT2D eigenvalue weighted by atomic mass is 10.2. The molecule has 2 aromatic heterocycles. The van der Waals surface area contributed by atoms with E-state index in [0.29, 0.717) is 17.0 Å². The van der Waals surface area contributed by atoms with Crippen molar-refractivity contribution in [1.29, 1.82) is 0 Å². The zero-order valence-corrected chi connectivity index (χ0v) is 9.54. The third-order valence-corrected chi connectivity index (χ3v) is 2.74. The summed E-state index contributed by atoms with van der Waals surface area (Å²) in [6.45, 7) is 1.88. The van der Waals surface area contributed by atoms with Gasteiger partial charge in [-0.25, -0.2) is 13.8 Å². The van der Waals surface area contributed by atoms with E-state index in [1.54, 1.807) is 6.20 Å². The van der Waals surface area contributed by atoms with E-state index in [9.17, 15) is 8.78 Å². The SMILES string of the molecule is Cc1cccnc1-c1nc2c(F)cc(F)cc2[nH]1. The Morgan fingerprint density at radius 1 is 1.22 bits per heavy atom. The molecular formula is C13H9F2N3. The first-order chi connectivity index (χ1) is 8.65. The molecule has 1 N–H and O–H groups in total. The van der Waals surface area contributed by atoms with Gasteiger partial charge in [-0.15, -0.1) is 0 Å². The third-order valence-electron chi connectivity index (χ3n) is 2.74. The van der Waals surface area contributed by atoms with Gasteiger partial charge in [-0.3, -0.25) is 4.98 Å². The highest BCUT2D eigenvalue weighted by molar-refractivity contribution is 5.79. The van der Waals surface area contributed by atoms with Crippen LogP contribution in [0.1, 0.15) is 5.56 Å². The van der Waals surface area contributed by atoms with Gasteiger partial charge in [0.25, 0.3) is 0 Å². The highest BCUT2D eigenvalue weighted by Crippen LogP contribution is 2.23. The van der Waals surface area contributed by atoms with Gasteiger partial charge in [0, 0.05) is 12.3 Å². The molecule has 0 atom stereocenters. The molecule has 0 saturated carbocycles. The van der Waals surface area contributed by atoms with Crippen molar-refractivity contribution in [2.75, 3.05) is 0 Å². The van der Waals surface area contributed by atoms with Crippen LogP contribution in [0.25, 0.3) is 22.6 Å². The van der Waals surface area contributed by atoms with Crippen LogP contribution in [0.3, 0.4) is 0 Å². The van der Waals surface area contributed by atoms with Gasteiger partial charge in [0.15, 0.2) is 11.6 Å². The number of nitrogens with one attached hydrogen (secondary N) is 1. The summed E-state index contributed by atoms with van der Waals surface area (Å²) in [5.74, 6) is -0.873. The summed E-state index contributed by atoms with van der Waals surface area (Å²) in [6, 6.07) is 5.72. The molecule has 18 heavy (non-hydrogen) atoms. The summed E-state index contributed by atoms with van der Waals surface area (Å²) in [6.07, 6.45) is 1.63. The van der Waals surface area contributed by atoms with E-state index < -0.39 is 11.6 Å². The second-order valence-corrected chi connectivity index (χ2v) is 4.04. The molecule has 3 nitrogen and oxygen atoms in total. The first kappa shape index (κ1) is 10.8. The molecule has 0 aliphatic heterocycles. The lowest BCUT2D eigenvalue weighted by Gasteiger charge is -1.98. The van der Waals surface area contributed by atoms with Gasteiger partial charge in [-0.1, -0.05) is 6.07 Å². The van der Waals surface area contributed by atoms with Crippen LogP contribution in [-0.4, -0.2) is 15.0 Å². The highest BCUT2D eigenvalue weighted by Gasteiger charge is 2.12. The quantitative estimate of drug-likeness (QED) is 0.715. The van der Waals surface area contributed by atoms with Crippen LogP contribution in [0.5, 0.6) is 0 Å². The number of aryl methyl sites for hydroxylation is 1. The molecule has 0 fully saturated rings. The van der Waals surface area contributed by atoms with Gasteiger partial charge in [0.2, 0.25) is 0 Å². The first-order valence-electron chi connectivity index (χ1n) is 5.42. The minimum atomic E-state index is -0.680. The first-order valence-corrected chi connectivity index (χ1v) is 5.42. The number of aromatic amines is 1. The monoisotopic (exact) mass is 245 g/mol. The van der Waals surface area contributed by atoms with Gasteiger partial charge in [0.05, 0.1) is 5.52 Å². The Morgan fingerprint density at radius 2 is 2.06 bits per heavy atom. The summed E-state index contributed by atoms with van der Waals surface area (Å²) in [4.78, 5) is 11.2. The van der Waals surface area contributed by atoms with Crippen LogP contribution in [0.15, 0.2) is 30.5 Å². The maximum absolute atomic E-state index is 13.5. The van der Waals surface area contributed by atoms with Crippen LogP contribution in [-0.2, 0) is 0 Å². The van der Waals surface area contributed by atoms with E-state index in [-0.39, 0.29) is 5.52 Å². The second kappa shape index (κ2) is 3.87. The van der Waals surface area contributed by atoms with Gasteiger partial charge >= 0.3 is 0 Å². The van der Waals surface area contributed by atoms with E-state index in [4.69, 9.17) is 0 Å². The summed E-state index contributed by atoms with van der Waals surface area (Å²) in [5.41, 5.74) is 2.00. The molecule has 0 saturated heterocycles. The molecule has 0 spiro atoms. The van der Waals surface area contributed by atoms with Crippen molar-refractivity contribution >= 4 is 11.0 Å². The molecule has 0 aliphatic rings. The van der Waals surface area contributed by atoms with Crippen LogP contribution < -0.4 is 0 Å². The number of halogens is 2.